The molecule has 1 heterocycles. The van der Waals surface area contributed by atoms with Gasteiger partial charge in [0, 0.05) is 38.8 Å². The fourth-order valence-electron chi connectivity index (χ4n) is 2.52. The number of nitrogens with one attached hydrogen (secondary N) is 1. The zero-order valence-corrected chi connectivity index (χ0v) is 11.6. The molecular weight excluding hydrogens is 216 g/mol. The Morgan fingerprint density at radius 2 is 2.29 bits per heavy atom. The third-order valence-corrected chi connectivity index (χ3v) is 3.44. The summed E-state index contributed by atoms with van der Waals surface area (Å²) >= 11 is 0. The first kappa shape index (κ1) is 14.9. The lowest BCUT2D eigenvalue weighted by atomic mass is 9.81. The Labute approximate surface area is 106 Å². The number of hydrogen-bond donors (Lipinski definition) is 1. The highest BCUT2D eigenvalue weighted by Crippen LogP contribution is 2.28. The van der Waals surface area contributed by atoms with Crippen molar-refractivity contribution < 1.29 is 9.47 Å². The van der Waals surface area contributed by atoms with Crippen LogP contribution in [0.3, 0.4) is 0 Å². The standard InChI is InChI=1S/C13H28N2O2/c1-4-14-10-13(6-5-8-17-12-13)11-15(2)7-9-16-3/h14H,4-12H2,1-3H3. The fraction of sp³-hybridized carbons (Fsp3) is 1.00. The molecule has 0 aromatic carbocycles. The molecular formula is C13H28N2O2. The van der Waals surface area contributed by atoms with E-state index in [-0.39, 0.29) is 5.41 Å². The zero-order valence-electron chi connectivity index (χ0n) is 11.6. The molecule has 4 heteroatoms. The zero-order chi connectivity index (χ0) is 12.6. The molecule has 0 aliphatic carbocycles. The van der Waals surface area contributed by atoms with Gasteiger partial charge in [-0.1, -0.05) is 6.92 Å². The fourth-order valence-corrected chi connectivity index (χ4v) is 2.52. The lowest BCUT2D eigenvalue weighted by Gasteiger charge is -2.40. The monoisotopic (exact) mass is 244 g/mol. The first-order chi connectivity index (χ1) is 8.22. The Hall–Kier alpha value is -0.160. The summed E-state index contributed by atoms with van der Waals surface area (Å²) in [5, 5.41) is 3.48. The Kier molecular flexibility index (Phi) is 7.04. The molecule has 0 spiro atoms. The smallest absolute Gasteiger partial charge is 0.0589 e. The van der Waals surface area contributed by atoms with Gasteiger partial charge in [-0.2, -0.15) is 0 Å². The Morgan fingerprint density at radius 3 is 2.88 bits per heavy atom. The van der Waals surface area contributed by atoms with Gasteiger partial charge in [0.25, 0.3) is 0 Å². The Morgan fingerprint density at radius 1 is 1.47 bits per heavy atom. The van der Waals surface area contributed by atoms with E-state index in [0.29, 0.717) is 0 Å². The number of likely N-dealkylation sites (N-methyl/N-ethyl adjacent to an activating group) is 1. The minimum Gasteiger partial charge on any atom is -0.383 e. The van der Waals surface area contributed by atoms with Crippen molar-refractivity contribution in [2.24, 2.45) is 5.41 Å². The molecule has 1 unspecified atom stereocenters. The van der Waals surface area contributed by atoms with E-state index in [1.165, 1.54) is 12.8 Å². The number of nitrogens with zero attached hydrogens (tertiary/aromatic N) is 1. The average Bonchev–Trinajstić information content (AvgIpc) is 2.35. The highest BCUT2D eigenvalue weighted by Gasteiger charge is 2.33. The van der Waals surface area contributed by atoms with Crippen LogP contribution in [0.1, 0.15) is 19.8 Å². The number of hydrogen-bond acceptors (Lipinski definition) is 4. The molecule has 1 fully saturated rings. The van der Waals surface area contributed by atoms with Crippen LogP contribution in [0.25, 0.3) is 0 Å². The summed E-state index contributed by atoms with van der Waals surface area (Å²) in [5.41, 5.74) is 0.288. The van der Waals surface area contributed by atoms with E-state index in [1.807, 2.05) is 0 Å². The third-order valence-electron chi connectivity index (χ3n) is 3.44. The van der Waals surface area contributed by atoms with Gasteiger partial charge in [0.2, 0.25) is 0 Å². The van der Waals surface area contributed by atoms with Gasteiger partial charge in [0.1, 0.15) is 0 Å². The van der Waals surface area contributed by atoms with Crippen LogP contribution in [-0.4, -0.2) is 65.1 Å². The highest BCUT2D eigenvalue weighted by atomic mass is 16.5. The third kappa shape index (κ3) is 5.34. The first-order valence-corrected chi connectivity index (χ1v) is 6.68. The molecule has 0 saturated carbocycles. The summed E-state index contributed by atoms with van der Waals surface area (Å²) < 4.78 is 10.8. The maximum atomic E-state index is 5.69. The second-order valence-electron chi connectivity index (χ2n) is 5.17. The SMILES string of the molecule is CCNCC1(CN(C)CCOC)CCCOC1. The second-order valence-corrected chi connectivity index (χ2v) is 5.17. The summed E-state index contributed by atoms with van der Waals surface area (Å²) in [6.07, 6.45) is 2.45. The molecule has 1 N–H and O–H groups in total. The van der Waals surface area contributed by atoms with Gasteiger partial charge in [0.15, 0.2) is 0 Å². The summed E-state index contributed by atoms with van der Waals surface area (Å²) in [6, 6.07) is 0. The van der Waals surface area contributed by atoms with Crippen molar-refractivity contribution in [1.82, 2.24) is 10.2 Å². The molecule has 0 bridgehead atoms. The van der Waals surface area contributed by atoms with Crippen molar-refractivity contribution in [3.05, 3.63) is 0 Å². The summed E-state index contributed by atoms with van der Waals surface area (Å²) in [4.78, 5) is 2.36. The second kappa shape index (κ2) is 8.03. The maximum absolute atomic E-state index is 5.69. The molecule has 0 amide bonds. The number of rotatable bonds is 8. The van der Waals surface area contributed by atoms with Crippen molar-refractivity contribution in [3.8, 4) is 0 Å². The van der Waals surface area contributed by atoms with E-state index >= 15 is 0 Å². The van der Waals surface area contributed by atoms with Gasteiger partial charge in [-0.15, -0.1) is 0 Å². The molecule has 1 saturated heterocycles. The largest absolute Gasteiger partial charge is 0.383 e. The molecule has 4 nitrogen and oxygen atoms in total. The van der Waals surface area contributed by atoms with E-state index in [9.17, 15) is 0 Å². The quantitative estimate of drug-likeness (QED) is 0.690. The molecule has 17 heavy (non-hydrogen) atoms. The molecule has 1 aliphatic heterocycles. The first-order valence-electron chi connectivity index (χ1n) is 6.68. The van der Waals surface area contributed by atoms with Gasteiger partial charge in [0.05, 0.1) is 13.2 Å². The molecule has 1 rings (SSSR count). The molecule has 0 radical (unpaired) electrons. The lowest BCUT2D eigenvalue weighted by molar-refractivity contribution is -0.0246. The van der Waals surface area contributed by atoms with Gasteiger partial charge in [-0.25, -0.2) is 0 Å². The van der Waals surface area contributed by atoms with Crippen LogP contribution in [0, 0.1) is 5.41 Å². The van der Waals surface area contributed by atoms with Gasteiger partial charge in [-0.3, -0.25) is 0 Å². The highest BCUT2D eigenvalue weighted by molar-refractivity contribution is 4.86. The maximum Gasteiger partial charge on any atom is 0.0589 e. The molecule has 1 aliphatic rings. The molecule has 1 atom stereocenters. The normalized spacial score (nSPS) is 25.4. The van der Waals surface area contributed by atoms with Crippen molar-refractivity contribution in [3.63, 3.8) is 0 Å². The van der Waals surface area contributed by atoms with E-state index in [0.717, 1.165) is 46.0 Å². The number of methoxy groups -OCH3 is 1. The summed E-state index contributed by atoms with van der Waals surface area (Å²) in [6.45, 7) is 8.94. The van der Waals surface area contributed by atoms with Crippen molar-refractivity contribution in [2.45, 2.75) is 19.8 Å². The van der Waals surface area contributed by atoms with E-state index in [1.54, 1.807) is 7.11 Å². The predicted octanol–water partition coefficient (Wildman–Crippen LogP) is 0.971. The number of ether oxygens (including phenoxy) is 2. The van der Waals surface area contributed by atoms with E-state index in [4.69, 9.17) is 9.47 Å². The average molecular weight is 244 g/mol. The van der Waals surface area contributed by atoms with Crippen LogP contribution >= 0.6 is 0 Å². The summed E-state index contributed by atoms with van der Waals surface area (Å²) in [7, 11) is 3.92. The van der Waals surface area contributed by atoms with Gasteiger partial charge >= 0.3 is 0 Å². The van der Waals surface area contributed by atoms with Gasteiger partial charge < -0.3 is 19.7 Å². The topological polar surface area (TPSA) is 33.7 Å². The predicted molar refractivity (Wildman–Crippen MR) is 70.4 cm³/mol. The van der Waals surface area contributed by atoms with Crippen molar-refractivity contribution in [2.75, 3.05) is 60.2 Å². The van der Waals surface area contributed by atoms with E-state index in [2.05, 4.69) is 24.2 Å². The molecule has 102 valence electrons. The van der Waals surface area contributed by atoms with Crippen LogP contribution in [-0.2, 0) is 9.47 Å². The van der Waals surface area contributed by atoms with Crippen molar-refractivity contribution >= 4 is 0 Å². The van der Waals surface area contributed by atoms with Crippen LogP contribution in [0.4, 0.5) is 0 Å². The van der Waals surface area contributed by atoms with Crippen molar-refractivity contribution in [1.29, 1.82) is 0 Å². The Bertz CT molecular complexity index is 194. The lowest BCUT2D eigenvalue weighted by Crippen LogP contribution is -2.48. The van der Waals surface area contributed by atoms with Crippen LogP contribution < -0.4 is 5.32 Å². The van der Waals surface area contributed by atoms with Gasteiger partial charge in [-0.05, 0) is 26.4 Å². The van der Waals surface area contributed by atoms with Crippen LogP contribution in [0.5, 0.6) is 0 Å². The minimum absolute atomic E-state index is 0.288. The Balaban J connectivity index is 2.44. The summed E-state index contributed by atoms with van der Waals surface area (Å²) in [5.74, 6) is 0. The van der Waals surface area contributed by atoms with Crippen LogP contribution in [0.2, 0.25) is 0 Å². The van der Waals surface area contributed by atoms with E-state index < -0.39 is 0 Å². The molecule has 0 aromatic heterocycles. The minimum atomic E-state index is 0.288. The molecule has 0 aromatic rings. The van der Waals surface area contributed by atoms with Crippen LogP contribution in [0.15, 0.2) is 0 Å².